The molecule has 5 nitrogen and oxygen atoms in total. The van der Waals surface area contributed by atoms with E-state index in [1.54, 1.807) is 0 Å². The van der Waals surface area contributed by atoms with Gasteiger partial charge < -0.3 is 9.47 Å². The molecule has 0 aliphatic heterocycles. The number of nitrogens with zero attached hydrogens (tertiary/aromatic N) is 1. The van der Waals surface area contributed by atoms with Gasteiger partial charge in [0.1, 0.15) is 13.2 Å². The Hall–Kier alpha value is -1.10. The number of rotatable bonds is 11. The summed E-state index contributed by atoms with van der Waals surface area (Å²) in [6.45, 7) is 5.60. The minimum absolute atomic E-state index is 0.0836. The Morgan fingerprint density at radius 1 is 0.629 bits per heavy atom. The van der Waals surface area contributed by atoms with Gasteiger partial charge in [-0.15, -0.1) is 0 Å². The molecule has 0 aromatic heterocycles. The maximum Gasteiger partial charge on any atom is 0.312 e. The quantitative estimate of drug-likeness (QED) is 0.356. The molecule has 8 bridgehead atoms. The number of esters is 2. The molecular weight excluding hydrogens is 438 g/mol. The predicted octanol–water partition coefficient (Wildman–Crippen LogP) is 5.61. The van der Waals surface area contributed by atoms with E-state index in [2.05, 4.69) is 11.8 Å². The van der Waals surface area contributed by atoms with Gasteiger partial charge in [0.05, 0.1) is 10.8 Å². The van der Waals surface area contributed by atoms with Crippen LogP contribution in [0.2, 0.25) is 0 Å². The van der Waals surface area contributed by atoms with Crippen molar-refractivity contribution in [2.45, 2.75) is 96.8 Å². The summed E-state index contributed by atoms with van der Waals surface area (Å²) in [5, 5.41) is 0. The van der Waals surface area contributed by atoms with Crippen LogP contribution < -0.4 is 0 Å². The highest BCUT2D eigenvalue weighted by molar-refractivity contribution is 5.78. The predicted molar refractivity (Wildman–Crippen MR) is 134 cm³/mol. The van der Waals surface area contributed by atoms with Crippen molar-refractivity contribution < 1.29 is 19.1 Å². The van der Waals surface area contributed by atoms with Gasteiger partial charge in [0, 0.05) is 13.1 Å². The van der Waals surface area contributed by atoms with Gasteiger partial charge in [0.2, 0.25) is 0 Å². The highest BCUT2D eigenvalue weighted by atomic mass is 16.5. The zero-order valence-electron chi connectivity index (χ0n) is 22.0. The second-order valence-electron chi connectivity index (χ2n) is 13.9. The number of carbonyl (C=O) groups is 2. The van der Waals surface area contributed by atoms with Crippen molar-refractivity contribution in [1.29, 1.82) is 0 Å². The maximum atomic E-state index is 13.2. The Bertz CT molecular complexity index is 674. The summed E-state index contributed by atoms with van der Waals surface area (Å²) in [5.74, 6) is 4.74. The number of hydrogen-bond donors (Lipinski definition) is 0. The average molecular weight is 486 g/mol. The van der Waals surface area contributed by atoms with E-state index in [0.29, 0.717) is 13.2 Å². The first-order chi connectivity index (χ1) is 17.0. The number of hydrogen-bond acceptors (Lipinski definition) is 5. The molecule has 0 aromatic carbocycles. The summed E-state index contributed by atoms with van der Waals surface area (Å²) in [4.78, 5) is 28.7. The average Bonchev–Trinajstić information content (AvgIpc) is 2.80. The zero-order chi connectivity index (χ0) is 24.0. The van der Waals surface area contributed by atoms with Crippen molar-refractivity contribution in [1.82, 2.24) is 4.90 Å². The smallest absolute Gasteiger partial charge is 0.312 e. The van der Waals surface area contributed by atoms with Crippen molar-refractivity contribution in [2.24, 2.45) is 46.3 Å². The third-order valence-corrected chi connectivity index (χ3v) is 11.1. The topological polar surface area (TPSA) is 55.8 Å². The molecule has 0 amide bonds. The van der Waals surface area contributed by atoms with Gasteiger partial charge in [-0.1, -0.05) is 13.3 Å². The first-order valence-electron chi connectivity index (χ1n) is 15.0. The third-order valence-electron chi connectivity index (χ3n) is 11.1. The molecule has 8 aliphatic carbocycles. The summed E-state index contributed by atoms with van der Waals surface area (Å²) in [5.41, 5.74) is -0.340. The van der Waals surface area contributed by atoms with Crippen molar-refractivity contribution in [3.63, 3.8) is 0 Å². The summed E-state index contributed by atoms with van der Waals surface area (Å²) in [6, 6.07) is 0. The molecule has 0 radical (unpaired) electrons. The number of unbranched alkanes of at least 4 members (excludes halogenated alkanes) is 1. The lowest BCUT2D eigenvalue weighted by Crippen LogP contribution is -2.51. The molecule has 0 spiro atoms. The highest BCUT2D eigenvalue weighted by Crippen LogP contribution is 2.61. The van der Waals surface area contributed by atoms with Gasteiger partial charge in [0.25, 0.3) is 0 Å². The van der Waals surface area contributed by atoms with E-state index in [4.69, 9.17) is 9.47 Å². The van der Waals surface area contributed by atoms with Gasteiger partial charge in [-0.25, -0.2) is 0 Å². The van der Waals surface area contributed by atoms with Crippen molar-refractivity contribution in [3.8, 4) is 0 Å². The molecule has 0 unspecified atom stereocenters. The maximum absolute atomic E-state index is 13.2. The minimum atomic E-state index is -0.170. The lowest BCUT2D eigenvalue weighted by Gasteiger charge is -2.55. The van der Waals surface area contributed by atoms with Crippen molar-refractivity contribution >= 4 is 11.9 Å². The lowest BCUT2D eigenvalue weighted by molar-refractivity contribution is -0.172. The van der Waals surface area contributed by atoms with Crippen LogP contribution in [0.1, 0.15) is 96.8 Å². The Morgan fingerprint density at radius 2 is 0.971 bits per heavy atom. The SMILES string of the molecule is CCCCN(CCOC(=O)C12CC3CC(CC(C3)C1)C2)CCOC(=O)C12CC3CC(CC(C3)C1)C2. The standard InChI is InChI=1S/C30H47NO4/c1-2-3-4-31(5-7-34-27(32)29-15-21-9-22(16-29)11-23(10-21)17-29)6-8-35-28(33)30-18-24-12-25(19-30)14-26(13-24)20-30/h21-26H,2-20H2,1H3. The second kappa shape index (κ2) is 9.65. The van der Waals surface area contributed by atoms with Gasteiger partial charge in [-0.2, -0.15) is 0 Å². The second-order valence-corrected chi connectivity index (χ2v) is 13.9. The summed E-state index contributed by atoms with van der Waals surface area (Å²) >= 11 is 0. The highest BCUT2D eigenvalue weighted by Gasteiger charge is 2.56. The molecule has 0 saturated heterocycles. The van der Waals surface area contributed by atoms with Crippen LogP contribution in [-0.2, 0) is 19.1 Å². The molecule has 5 heteroatoms. The van der Waals surface area contributed by atoms with Crippen LogP contribution in [-0.4, -0.2) is 49.7 Å². The molecular formula is C30H47NO4. The van der Waals surface area contributed by atoms with Crippen molar-refractivity contribution in [2.75, 3.05) is 32.8 Å². The molecule has 8 aliphatic rings. The van der Waals surface area contributed by atoms with Crippen molar-refractivity contribution in [3.05, 3.63) is 0 Å². The molecule has 0 N–H and O–H groups in total. The first kappa shape index (κ1) is 24.2. The van der Waals surface area contributed by atoms with Crippen LogP contribution in [0.15, 0.2) is 0 Å². The summed E-state index contributed by atoms with van der Waals surface area (Å²) in [6.07, 6.45) is 16.7. The van der Waals surface area contributed by atoms with Gasteiger partial charge >= 0.3 is 11.9 Å². The molecule has 0 atom stereocenters. The monoisotopic (exact) mass is 485 g/mol. The molecule has 35 heavy (non-hydrogen) atoms. The van der Waals surface area contributed by atoms with E-state index in [9.17, 15) is 9.59 Å². The fourth-order valence-electron chi connectivity index (χ4n) is 10.3. The largest absolute Gasteiger partial charge is 0.464 e. The molecule has 0 aromatic rings. The fourth-order valence-corrected chi connectivity index (χ4v) is 10.3. The van der Waals surface area contributed by atoms with E-state index in [1.165, 1.54) is 38.5 Å². The Kier molecular flexibility index (Phi) is 6.69. The fraction of sp³-hybridized carbons (Fsp3) is 0.933. The van der Waals surface area contributed by atoms with Gasteiger partial charge in [0.15, 0.2) is 0 Å². The van der Waals surface area contributed by atoms with E-state index in [1.807, 2.05) is 0 Å². The van der Waals surface area contributed by atoms with E-state index in [0.717, 1.165) is 107 Å². The zero-order valence-corrected chi connectivity index (χ0v) is 22.0. The van der Waals surface area contributed by atoms with Gasteiger partial charge in [-0.3, -0.25) is 14.5 Å². The third kappa shape index (κ3) is 4.80. The van der Waals surface area contributed by atoms with Crippen LogP contribution in [0.25, 0.3) is 0 Å². The molecule has 196 valence electrons. The van der Waals surface area contributed by atoms with Crippen LogP contribution in [0.4, 0.5) is 0 Å². The van der Waals surface area contributed by atoms with Crippen LogP contribution >= 0.6 is 0 Å². The van der Waals surface area contributed by atoms with Crippen LogP contribution in [0.5, 0.6) is 0 Å². The first-order valence-corrected chi connectivity index (χ1v) is 15.0. The summed E-state index contributed by atoms with van der Waals surface area (Å²) in [7, 11) is 0. The number of carbonyl (C=O) groups excluding carboxylic acids is 2. The van der Waals surface area contributed by atoms with E-state index < -0.39 is 0 Å². The van der Waals surface area contributed by atoms with Gasteiger partial charge in [-0.05, 0) is 126 Å². The van der Waals surface area contributed by atoms with Crippen LogP contribution in [0, 0.1) is 46.3 Å². The Morgan fingerprint density at radius 3 is 1.29 bits per heavy atom. The Balaban J connectivity index is 0.968. The number of ether oxygens (including phenoxy) is 2. The van der Waals surface area contributed by atoms with Crippen LogP contribution in [0.3, 0.4) is 0 Å². The molecule has 8 saturated carbocycles. The van der Waals surface area contributed by atoms with E-state index in [-0.39, 0.29) is 22.8 Å². The van der Waals surface area contributed by atoms with E-state index >= 15 is 0 Å². The normalized spacial score (nSPS) is 42.6. The lowest BCUT2D eigenvalue weighted by atomic mass is 9.49. The molecule has 8 fully saturated rings. The summed E-state index contributed by atoms with van der Waals surface area (Å²) < 4.78 is 11.9. The Labute approximate surface area is 212 Å². The minimum Gasteiger partial charge on any atom is -0.464 e. The molecule has 8 rings (SSSR count). The molecule has 0 heterocycles.